The molecule has 1 aliphatic carbocycles. The number of carbonyl (C=O) groups excluding carboxylic acids is 4. The summed E-state index contributed by atoms with van der Waals surface area (Å²) in [5, 5.41) is 16.7. The quantitative estimate of drug-likeness (QED) is 0.406. The van der Waals surface area contributed by atoms with E-state index in [1.807, 2.05) is 0 Å². The Morgan fingerprint density at radius 3 is 2.23 bits per heavy atom. The normalized spacial score (nSPS) is 14.7. The maximum Gasteiger partial charge on any atom is 0.410 e. The molecule has 12 heteroatoms. The van der Waals surface area contributed by atoms with Crippen LogP contribution in [0.1, 0.15) is 46.1 Å². The Hall–Kier alpha value is -3.83. The van der Waals surface area contributed by atoms with E-state index in [9.17, 15) is 29.1 Å². The molecule has 1 aromatic rings. The summed E-state index contributed by atoms with van der Waals surface area (Å²) < 4.78 is 10.2. The minimum Gasteiger partial charge on any atom is -0.479 e. The Bertz CT molecular complexity index is 967. The molecule has 1 aromatic carbocycles. The third-order valence-electron chi connectivity index (χ3n) is 5.18. The monoisotopic (exact) mass is 492 g/mol. The lowest BCUT2D eigenvalue weighted by atomic mass is 10.2. The number of alkyl carbamates (subject to hydrolysis) is 1. The van der Waals surface area contributed by atoms with Gasteiger partial charge in [-0.3, -0.25) is 14.5 Å². The number of carbonyl (C=O) groups is 5. The molecule has 0 aliphatic heterocycles. The number of benzene rings is 1. The molecule has 0 saturated heterocycles. The standard InChI is InChI=1S/C23H32N4O8/c1-14(25-17(28)12-24-20(32)35-22(2,3)4)18(29)26-16-8-6-15(7-9-16)13-34-21(33)27(5)23(10-11-23)19(30)31/h6-9,14H,10-13H2,1-5H3,(H,24,32)(H,25,28)(H,26,29)(H,30,31). The first-order valence-corrected chi connectivity index (χ1v) is 11.0. The van der Waals surface area contributed by atoms with Crippen molar-refractivity contribution in [2.75, 3.05) is 18.9 Å². The Labute approximate surface area is 203 Å². The summed E-state index contributed by atoms with van der Waals surface area (Å²) in [6.07, 6.45) is -0.688. The molecule has 1 saturated carbocycles. The highest BCUT2D eigenvalue weighted by molar-refractivity contribution is 5.97. The number of ether oxygens (including phenoxy) is 2. The Kier molecular flexibility index (Phi) is 8.67. The zero-order chi connectivity index (χ0) is 26.4. The number of amides is 4. The van der Waals surface area contributed by atoms with Crippen LogP contribution in [0.4, 0.5) is 15.3 Å². The molecule has 35 heavy (non-hydrogen) atoms. The summed E-state index contributed by atoms with van der Waals surface area (Å²) in [6.45, 7) is 6.17. The molecule has 0 heterocycles. The van der Waals surface area contributed by atoms with Crippen LogP contribution < -0.4 is 16.0 Å². The largest absolute Gasteiger partial charge is 0.479 e. The summed E-state index contributed by atoms with van der Waals surface area (Å²) in [5.74, 6) is -2.09. The fourth-order valence-corrected chi connectivity index (χ4v) is 2.99. The van der Waals surface area contributed by atoms with Gasteiger partial charge in [0.15, 0.2) is 0 Å². The van der Waals surface area contributed by atoms with Crippen molar-refractivity contribution in [3.05, 3.63) is 29.8 Å². The molecular weight excluding hydrogens is 460 g/mol. The Balaban J connectivity index is 1.76. The summed E-state index contributed by atoms with van der Waals surface area (Å²) in [7, 11) is 1.40. The Morgan fingerprint density at radius 1 is 1.11 bits per heavy atom. The third-order valence-corrected chi connectivity index (χ3v) is 5.18. The molecule has 0 bridgehead atoms. The van der Waals surface area contributed by atoms with Gasteiger partial charge in [-0.15, -0.1) is 0 Å². The molecule has 192 valence electrons. The van der Waals surface area contributed by atoms with Crippen molar-refractivity contribution in [1.29, 1.82) is 0 Å². The predicted octanol–water partition coefficient (Wildman–Crippen LogP) is 1.84. The number of nitrogens with zero attached hydrogens (tertiary/aromatic N) is 1. The highest BCUT2D eigenvalue weighted by Gasteiger charge is 2.56. The SMILES string of the molecule is CC(NC(=O)CNC(=O)OC(C)(C)C)C(=O)Nc1ccc(COC(=O)N(C)C2(C(=O)O)CC2)cc1. The zero-order valence-electron chi connectivity index (χ0n) is 20.5. The van der Waals surface area contributed by atoms with Gasteiger partial charge < -0.3 is 30.5 Å². The first-order chi connectivity index (χ1) is 16.2. The van der Waals surface area contributed by atoms with Crippen LogP contribution in [0.15, 0.2) is 24.3 Å². The van der Waals surface area contributed by atoms with Gasteiger partial charge in [0.1, 0.15) is 30.3 Å². The predicted molar refractivity (Wildman–Crippen MR) is 124 cm³/mol. The van der Waals surface area contributed by atoms with Gasteiger partial charge in [0.25, 0.3) is 0 Å². The van der Waals surface area contributed by atoms with Crippen LogP contribution in [0.3, 0.4) is 0 Å². The fourth-order valence-electron chi connectivity index (χ4n) is 2.99. The van der Waals surface area contributed by atoms with Gasteiger partial charge in [0.2, 0.25) is 11.8 Å². The van der Waals surface area contributed by atoms with E-state index in [2.05, 4.69) is 16.0 Å². The van der Waals surface area contributed by atoms with E-state index in [1.165, 1.54) is 14.0 Å². The second-order valence-electron chi connectivity index (χ2n) is 9.28. The van der Waals surface area contributed by atoms with Crippen molar-refractivity contribution in [1.82, 2.24) is 15.5 Å². The van der Waals surface area contributed by atoms with E-state index in [1.54, 1.807) is 45.0 Å². The lowest BCUT2D eigenvalue weighted by Gasteiger charge is -2.23. The van der Waals surface area contributed by atoms with Crippen LogP contribution in [0.5, 0.6) is 0 Å². The van der Waals surface area contributed by atoms with Crippen LogP contribution >= 0.6 is 0 Å². The van der Waals surface area contributed by atoms with Crippen LogP contribution in [-0.4, -0.2) is 70.8 Å². The number of nitrogens with one attached hydrogen (secondary N) is 3. The molecular formula is C23H32N4O8. The molecule has 4 amide bonds. The number of carboxylic acid groups (broad SMARTS) is 1. The van der Waals surface area contributed by atoms with Crippen molar-refractivity contribution < 1.29 is 38.6 Å². The number of hydrogen-bond acceptors (Lipinski definition) is 7. The lowest BCUT2D eigenvalue weighted by molar-refractivity contribution is -0.144. The molecule has 0 spiro atoms. The average molecular weight is 493 g/mol. The number of anilines is 1. The van der Waals surface area contributed by atoms with Crippen LogP contribution in [0, 0.1) is 0 Å². The summed E-state index contributed by atoms with van der Waals surface area (Å²) >= 11 is 0. The fraction of sp³-hybridized carbons (Fsp3) is 0.522. The van der Waals surface area contributed by atoms with E-state index in [-0.39, 0.29) is 13.2 Å². The van der Waals surface area contributed by atoms with Crippen molar-refractivity contribution >= 4 is 35.7 Å². The van der Waals surface area contributed by atoms with Crippen molar-refractivity contribution in [2.24, 2.45) is 0 Å². The maximum atomic E-state index is 12.3. The summed E-state index contributed by atoms with van der Waals surface area (Å²) in [6, 6.07) is 5.61. The number of rotatable bonds is 9. The smallest absolute Gasteiger partial charge is 0.410 e. The molecule has 12 nitrogen and oxygen atoms in total. The Morgan fingerprint density at radius 2 is 1.71 bits per heavy atom. The van der Waals surface area contributed by atoms with E-state index < -0.39 is 47.2 Å². The third kappa shape index (κ3) is 8.16. The van der Waals surface area contributed by atoms with Crippen LogP contribution in [0.25, 0.3) is 0 Å². The molecule has 1 fully saturated rings. The second kappa shape index (κ2) is 11.1. The van der Waals surface area contributed by atoms with Gasteiger partial charge in [0, 0.05) is 12.7 Å². The van der Waals surface area contributed by atoms with Gasteiger partial charge in [-0.2, -0.15) is 0 Å². The first kappa shape index (κ1) is 27.4. The molecule has 0 radical (unpaired) electrons. The number of hydrogen-bond donors (Lipinski definition) is 4. The van der Waals surface area contributed by atoms with Crippen molar-refractivity contribution in [2.45, 2.75) is 64.3 Å². The number of aliphatic carboxylic acids is 1. The van der Waals surface area contributed by atoms with Gasteiger partial charge in [-0.1, -0.05) is 12.1 Å². The van der Waals surface area contributed by atoms with Gasteiger partial charge in [-0.25, -0.2) is 14.4 Å². The van der Waals surface area contributed by atoms with Gasteiger partial charge in [-0.05, 0) is 58.2 Å². The highest BCUT2D eigenvalue weighted by atomic mass is 16.6. The second-order valence-corrected chi connectivity index (χ2v) is 9.28. The molecule has 2 rings (SSSR count). The average Bonchev–Trinajstić information content (AvgIpc) is 3.57. The number of carboxylic acids is 1. The lowest BCUT2D eigenvalue weighted by Crippen LogP contribution is -2.46. The molecule has 1 atom stereocenters. The number of likely N-dealkylation sites (N-methyl/N-ethyl adjacent to an activating group) is 1. The molecule has 1 aliphatic rings. The topological polar surface area (TPSA) is 163 Å². The zero-order valence-corrected chi connectivity index (χ0v) is 20.5. The minimum absolute atomic E-state index is 0.0653. The first-order valence-electron chi connectivity index (χ1n) is 11.0. The van der Waals surface area contributed by atoms with E-state index in [4.69, 9.17) is 9.47 Å². The van der Waals surface area contributed by atoms with E-state index >= 15 is 0 Å². The molecule has 4 N–H and O–H groups in total. The van der Waals surface area contributed by atoms with Gasteiger partial charge >= 0.3 is 18.2 Å². The van der Waals surface area contributed by atoms with Crippen LogP contribution in [-0.2, 0) is 30.5 Å². The summed E-state index contributed by atoms with van der Waals surface area (Å²) in [4.78, 5) is 60.5. The summed E-state index contributed by atoms with van der Waals surface area (Å²) in [5.41, 5.74) is -0.776. The highest BCUT2D eigenvalue weighted by Crippen LogP contribution is 2.41. The van der Waals surface area contributed by atoms with E-state index in [0.29, 0.717) is 24.1 Å². The van der Waals surface area contributed by atoms with Crippen molar-refractivity contribution in [3.8, 4) is 0 Å². The van der Waals surface area contributed by atoms with Crippen molar-refractivity contribution in [3.63, 3.8) is 0 Å². The molecule has 1 unspecified atom stereocenters. The minimum atomic E-state index is -1.18. The van der Waals surface area contributed by atoms with Crippen LogP contribution in [0.2, 0.25) is 0 Å². The van der Waals surface area contributed by atoms with E-state index in [0.717, 1.165) is 4.90 Å². The molecule has 0 aromatic heterocycles. The maximum absolute atomic E-state index is 12.3. The van der Waals surface area contributed by atoms with Gasteiger partial charge in [0.05, 0.1) is 0 Å².